The summed E-state index contributed by atoms with van der Waals surface area (Å²) in [5.74, 6) is -3.01. The molecule has 0 saturated heterocycles. The average Bonchev–Trinajstić information content (AvgIpc) is 1.31. The molecule has 2 nitrogen and oxygen atoms in total. The van der Waals surface area contributed by atoms with Gasteiger partial charge in [0.15, 0.2) is 0 Å². The third-order valence-electron chi connectivity index (χ3n) is 0.231. The second-order valence-electron chi connectivity index (χ2n) is 0.785. The van der Waals surface area contributed by atoms with E-state index in [4.69, 9.17) is 9.90 Å². The molecule has 0 spiro atoms. The van der Waals surface area contributed by atoms with Gasteiger partial charge in [-0.05, 0) is 0 Å². The standard InChI is InChI=1S/C2HF3O2.CH4.Zn/c3-2(4,5)1(6)7;;/h(H,6,7);1H4;/p-1. The minimum Gasteiger partial charge on any atom is -0.542 e. The number of carboxylic acid groups (broad SMARTS) is 1. The van der Waals surface area contributed by atoms with Gasteiger partial charge in [-0.3, -0.25) is 0 Å². The Kier molecular flexibility index (Phi) is 8.39. The van der Waals surface area contributed by atoms with Crippen LogP contribution in [0.2, 0.25) is 0 Å². The maximum absolute atomic E-state index is 10.5. The van der Waals surface area contributed by atoms with Crippen LogP contribution in [-0.2, 0) is 24.3 Å². The molecule has 0 radical (unpaired) electrons. The van der Waals surface area contributed by atoms with Gasteiger partial charge in [0.1, 0.15) is 5.97 Å². The predicted octanol–water partition coefficient (Wildman–Crippen LogP) is -0.0678. The number of carbonyl (C=O) groups is 1. The van der Waals surface area contributed by atoms with Crippen molar-refractivity contribution in [3.05, 3.63) is 0 Å². The number of rotatable bonds is 0. The van der Waals surface area contributed by atoms with Crippen molar-refractivity contribution in [2.45, 2.75) is 13.6 Å². The van der Waals surface area contributed by atoms with Crippen molar-refractivity contribution < 1.29 is 42.6 Å². The van der Waals surface area contributed by atoms with Crippen LogP contribution in [0.5, 0.6) is 0 Å². The zero-order valence-corrected chi connectivity index (χ0v) is 6.62. The second-order valence-corrected chi connectivity index (χ2v) is 0.785. The molecule has 52 valence electrons. The van der Waals surface area contributed by atoms with Crippen LogP contribution in [0.3, 0.4) is 0 Å². The summed E-state index contributed by atoms with van der Waals surface area (Å²) in [6.07, 6.45) is -5.19. The van der Waals surface area contributed by atoms with Gasteiger partial charge in [-0.15, -0.1) is 0 Å². The molecule has 9 heavy (non-hydrogen) atoms. The topological polar surface area (TPSA) is 40.1 Å². The molecule has 0 unspecified atom stereocenters. The molecule has 0 saturated carbocycles. The van der Waals surface area contributed by atoms with Gasteiger partial charge in [-0.25, -0.2) is 0 Å². The van der Waals surface area contributed by atoms with Crippen molar-refractivity contribution in [1.29, 1.82) is 0 Å². The van der Waals surface area contributed by atoms with E-state index in [9.17, 15) is 13.2 Å². The number of hydrogen-bond acceptors (Lipinski definition) is 2. The van der Waals surface area contributed by atoms with Crippen LogP contribution in [0.1, 0.15) is 7.43 Å². The summed E-state index contributed by atoms with van der Waals surface area (Å²) in [4.78, 5) is 8.78. The first-order chi connectivity index (χ1) is 2.94. The van der Waals surface area contributed by atoms with Crippen molar-refractivity contribution in [1.82, 2.24) is 0 Å². The van der Waals surface area contributed by atoms with Crippen LogP contribution in [0.25, 0.3) is 0 Å². The van der Waals surface area contributed by atoms with Crippen molar-refractivity contribution in [3.63, 3.8) is 0 Å². The quantitative estimate of drug-likeness (QED) is 0.507. The minimum atomic E-state index is -5.19. The Hall–Kier alpha value is -0.117. The average molecular weight is 194 g/mol. The fourth-order valence-electron chi connectivity index (χ4n) is 0. The Balaban J connectivity index is -0.000000180. The van der Waals surface area contributed by atoms with Crippen LogP contribution < -0.4 is 5.11 Å². The van der Waals surface area contributed by atoms with Gasteiger partial charge in [-0.2, -0.15) is 13.2 Å². The van der Waals surface area contributed by atoms with Gasteiger partial charge >= 0.3 is 6.18 Å². The van der Waals surface area contributed by atoms with Crippen molar-refractivity contribution in [2.24, 2.45) is 0 Å². The molecule has 0 aliphatic rings. The Labute approximate surface area is 62.8 Å². The molecule has 6 heteroatoms. The van der Waals surface area contributed by atoms with E-state index in [-0.39, 0.29) is 26.9 Å². The first-order valence-electron chi connectivity index (χ1n) is 1.23. The molecule has 0 bridgehead atoms. The number of halogens is 3. The summed E-state index contributed by atoms with van der Waals surface area (Å²) >= 11 is 0. The number of hydrogen-bond donors (Lipinski definition) is 0. The smallest absolute Gasteiger partial charge is 0.430 e. The number of alkyl halides is 3. The second kappa shape index (κ2) is 4.73. The monoisotopic (exact) mass is 193 g/mol. The summed E-state index contributed by atoms with van der Waals surface area (Å²) in [6.45, 7) is 0. The molecule has 0 amide bonds. The van der Waals surface area contributed by atoms with Crippen LogP contribution in [0.4, 0.5) is 13.2 Å². The third-order valence-corrected chi connectivity index (χ3v) is 0.231. The van der Waals surface area contributed by atoms with Gasteiger partial charge in [0.05, 0.1) is 0 Å². The molecule has 0 aromatic rings. The summed E-state index contributed by atoms with van der Waals surface area (Å²) in [5.41, 5.74) is 0. The van der Waals surface area contributed by atoms with Crippen molar-refractivity contribution >= 4 is 5.97 Å². The molecule has 0 fully saturated rings. The van der Waals surface area contributed by atoms with E-state index in [1.165, 1.54) is 0 Å². The largest absolute Gasteiger partial charge is 0.542 e. The van der Waals surface area contributed by atoms with Crippen LogP contribution in [0.15, 0.2) is 0 Å². The fourth-order valence-corrected chi connectivity index (χ4v) is 0. The minimum absolute atomic E-state index is 0. The van der Waals surface area contributed by atoms with E-state index in [1.807, 2.05) is 0 Å². The maximum Gasteiger partial charge on any atom is 0.430 e. The van der Waals surface area contributed by atoms with Crippen LogP contribution >= 0.6 is 0 Å². The summed E-state index contributed by atoms with van der Waals surface area (Å²) in [7, 11) is 0. The van der Waals surface area contributed by atoms with Crippen LogP contribution in [-0.4, -0.2) is 12.1 Å². The number of aliphatic carboxylic acids is 1. The molecular formula is C3H4F3O2Zn-. The first kappa shape index (κ1) is 15.9. The zero-order chi connectivity index (χ0) is 6.08. The van der Waals surface area contributed by atoms with E-state index in [0.717, 1.165) is 0 Å². The van der Waals surface area contributed by atoms with E-state index < -0.39 is 12.1 Å². The Morgan fingerprint density at radius 3 is 1.44 bits per heavy atom. The molecule has 0 heterocycles. The van der Waals surface area contributed by atoms with Gasteiger partial charge in [-0.1, -0.05) is 7.43 Å². The molecule has 0 atom stereocenters. The Morgan fingerprint density at radius 1 is 1.33 bits per heavy atom. The maximum atomic E-state index is 10.5. The first-order valence-corrected chi connectivity index (χ1v) is 1.23. The fraction of sp³-hybridized carbons (Fsp3) is 0.667. The van der Waals surface area contributed by atoms with E-state index in [0.29, 0.717) is 0 Å². The van der Waals surface area contributed by atoms with E-state index >= 15 is 0 Å². The van der Waals surface area contributed by atoms with Gasteiger partial charge in [0.25, 0.3) is 0 Å². The summed E-state index contributed by atoms with van der Waals surface area (Å²) in [5, 5.41) is 8.78. The van der Waals surface area contributed by atoms with Crippen molar-refractivity contribution in [3.8, 4) is 0 Å². The third kappa shape index (κ3) is 7.88. The molecule has 0 N–H and O–H groups in total. The number of carbonyl (C=O) groups excluding carboxylic acids is 1. The molecular weight excluding hydrogens is 190 g/mol. The Bertz CT molecular complexity index is 89.5. The molecule has 0 aromatic carbocycles. The summed E-state index contributed by atoms with van der Waals surface area (Å²) < 4.78 is 31.5. The SMILES string of the molecule is C.O=C([O-])C(F)(F)F.[Zn]. The molecule has 0 aliphatic carbocycles. The normalized spacial score (nSPS) is 8.78. The number of carboxylic acids is 1. The Morgan fingerprint density at radius 2 is 1.44 bits per heavy atom. The van der Waals surface area contributed by atoms with E-state index in [1.54, 1.807) is 0 Å². The van der Waals surface area contributed by atoms with Crippen molar-refractivity contribution in [2.75, 3.05) is 0 Å². The van der Waals surface area contributed by atoms with Gasteiger partial charge < -0.3 is 9.90 Å². The predicted molar refractivity (Wildman–Crippen MR) is 17.8 cm³/mol. The molecule has 0 rings (SSSR count). The zero-order valence-electron chi connectivity index (χ0n) is 3.66. The van der Waals surface area contributed by atoms with E-state index in [2.05, 4.69) is 0 Å². The summed E-state index contributed by atoms with van der Waals surface area (Å²) in [6, 6.07) is 0. The molecule has 0 aromatic heterocycles. The van der Waals surface area contributed by atoms with Gasteiger partial charge in [0.2, 0.25) is 0 Å². The van der Waals surface area contributed by atoms with Gasteiger partial charge in [0, 0.05) is 19.5 Å². The molecule has 0 aliphatic heterocycles. The van der Waals surface area contributed by atoms with Crippen LogP contribution in [0, 0.1) is 0 Å².